The first-order chi connectivity index (χ1) is 10.2. The van der Waals surface area contributed by atoms with Crippen molar-refractivity contribution in [2.45, 2.75) is 6.92 Å². The zero-order valence-corrected chi connectivity index (χ0v) is 13.3. The molecular formula is C17H16BrNO2. The third-order valence-electron chi connectivity index (χ3n) is 2.73. The molecule has 0 saturated carbocycles. The van der Waals surface area contributed by atoms with Crippen molar-refractivity contribution >= 4 is 33.6 Å². The van der Waals surface area contributed by atoms with Gasteiger partial charge in [-0.25, -0.2) is 0 Å². The highest BCUT2D eigenvalue weighted by Gasteiger charge is 1.98. The van der Waals surface area contributed by atoms with E-state index in [0.29, 0.717) is 6.61 Å². The second-order valence-corrected chi connectivity index (χ2v) is 5.25. The quantitative estimate of drug-likeness (QED) is 0.810. The van der Waals surface area contributed by atoms with Crippen LogP contribution in [0.4, 0.5) is 5.69 Å². The van der Waals surface area contributed by atoms with E-state index in [4.69, 9.17) is 4.74 Å². The van der Waals surface area contributed by atoms with Gasteiger partial charge in [-0.15, -0.1) is 0 Å². The van der Waals surface area contributed by atoms with Gasteiger partial charge in [0.15, 0.2) is 0 Å². The molecular weight excluding hydrogens is 330 g/mol. The van der Waals surface area contributed by atoms with E-state index in [0.717, 1.165) is 21.5 Å². The smallest absolute Gasteiger partial charge is 0.248 e. The van der Waals surface area contributed by atoms with Crippen LogP contribution < -0.4 is 10.1 Å². The van der Waals surface area contributed by atoms with E-state index in [1.807, 2.05) is 55.5 Å². The van der Waals surface area contributed by atoms with Crippen molar-refractivity contribution in [2.75, 3.05) is 11.9 Å². The summed E-state index contributed by atoms with van der Waals surface area (Å²) in [6.07, 6.45) is 3.28. The molecule has 2 aromatic rings. The van der Waals surface area contributed by atoms with Crippen molar-refractivity contribution < 1.29 is 9.53 Å². The van der Waals surface area contributed by atoms with Crippen molar-refractivity contribution in [3.05, 3.63) is 64.6 Å². The van der Waals surface area contributed by atoms with Crippen molar-refractivity contribution in [3.63, 3.8) is 0 Å². The molecule has 3 nitrogen and oxygen atoms in total. The zero-order chi connectivity index (χ0) is 15.1. The number of carbonyl (C=O) groups excluding carboxylic acids is 1. The first-order valence-corrected chi connectivity index (χ1v) is 7.44. The molecule has 0 unspecified atom stereocenters. The van der Waals surface area contributed by atoms with Gasteiger partial charge in [-0.3, -0.25) is 4.79 Å². The van der Waals surface area contributed by atoms with Crippen LogP contribution in [-0.2, 0) is 4.79 Å². The monoisotopic (exact) mass is 345 g/mol. The second-order valence-electron chi connectivity index (χ2n) is 4.33. The summed E-state index contributed by atoms with van der Waals surface area (Å²) in [7, 11) is 0. The third-order valence-corrected chi connectivity index (χ3v) is 3.26. The number of carbonyl (C=O) groups is 1. The van der Waals surface area contributed by atoms with Crippen LogP contribution in [0.15, 0.2) is 59.1 Å². The fourth-order valence-electron chi connectivity index (χ4n) is 1.73. The van der Waals surface area contributed by atoms with Gasteiger partial charge in [-0.1, -0.05) is 28.1 Å². The van der Waals surface area contributed by atoms with Crippen molar-refractivity contribution in [3.8, 4) is 5.75 Å². The van der Waals surface area contributed by atoms with Crippen LogP contribution in [0.2, 0.25) is 0 Å². The van der Waals surface area contributed by atoms with E-state index >= 15 is 0 Å². The molecule has 0 aliphatic carbocycles. The lowest BCUT2D eigenvalue weighted by Crippen LogP contribution is -2.07. The molecule has 108 valence electrons. The van der Waals surface area contributed by atoms with Crippen LogP contribution in [0.5, 0.6) is 5.75 Å². The summed E-state index contributed by atoms with van der Waals surface area (Å²) in [6, 6.07) is 15.0. The van der Waals surface area contributed by atoms with Gasteiger partial charge < -0.3 is 10.1 Å². The summed E-state index contributed by atoms with van der Waals surface area (Å²) in [5.74, 6) is 0.667. The number of anilines is 1. The average molecular weight is 346 g/mol. The molecule has 0 spiro atoms. The lowest BCUT2D eigenvalue weighted by Gasteiger charge is -2.03. The molecule has 0 aliphatic rings. The largest absolute Gasteiger partial charge is 0.494 e. The standard InChI is InChI=1S/C17H16BrNO2/c1-2-21-16-10-3-13(4-11-16)5-12-17(20)19-15-8-6-14(18)7-9-15/h3-12H,2H2,1H3,(H,19,20). The lowest BCUT2D eigenvalue weighted by molar-refractivity contribution is -0.111. The first-order valence-electron chi connectivity index (χ1n) is 6.65. The average Bonchev–Trinajstić information content (AvgIpc) is 2.49. The molecule has 1 amide bonds. The van der Waals surface area contributed by atoms with Gasteiger partial charge in [0, 0.05) is 16.2 Å². The minimum Gasteiger partial charge on any atom is -0.494 e. The Hall–Kier alpha value is -2.07. The lowest BCUT2D eigenvalue weighted by atomic mass is 10.2. The molecule has 0 aliphatic heterocycles. The number of ether oxygens (including phenoxy) is 1. The Labute approximate surface area is 132 Å². The summed E-state index contributed by atoms with van der Waals surface area (Å²) < 4.78 is 6.35. The van der Waals surface area contributed by atoms with Crippen LogP contribution in [-0.4, -0.2) is 12.5 Å². The third kappa shape index (κ3) is 5.08. The Morgan fingerprint density at radius 1 is 1.14 bits per heavy atom. The Balaban J connectivity index is 1.93. The van der Waals surface area contributed by atoms with E-state index in [2.05, 4.69) is 21.2 Å². The molecule has 0 heterocycles. The number of rotatable bonds is 5. The molecule has 0 radical (unpaired) electrons. The van der Waals surface area contributed by atoms with Gasteiger partial charge >= 0.3 is 0 Å². The molecule has 0 aromatic heterocycles. The maximum absolute atomic E-state index is 11.8. The zero-order valence-electron chi connectivity index (χ0n) is 11.7. The maximum Gasteiger partial charge on any atom is 0.248 e. The van der Waals surface area contributed by atoms with E-state index in [1.54, 1.807) is 6.08 Å². The highest BCUT2D eigenvalue weighted by molar-refractivity contribution is 9.10. The Morgan fingerprint density at radius 3 is 2.43 bits per heavy atom. The number of hydrogen-bond acceptors (Lipinski definition) is 2. The molecule has 2 rings (SSSR count). The topological polar surface area (TPSA) is 38.3 Å². The van der Waals surface area contributed by atoms with Gasteiger partial charge in [0.25, 0.3) is 0 Å². The van der Waals surface area contributed by atoms with Crippen molar-refractivity contribution in [1.29, 1.82) is 0 Å². The van der Waals surface area contributed by atoms with Gasteiger partial charge in [0.2, 0.25) is 5.91 Å². The van der Waals surface area contributed by atoms with Gasteiger partial charge in [0.1, 0.15) is 5.75 Å². The molecule has 1 N–H and O–H groups in total. The number of hydrogen-bond donors (Lipinski definition) is 1. The highest BCUT2D eigenvalue weighted by atomic mass is 79.9. The summed E-state index contributed by atoms with van der Waals surface area (Å²) >= 11 is 3.35. The Bertz CT molecular complexity index is 618. The molecule has 0 atom stereocenters. The van der Waals surface area contributed by atoms with Crippen LogP contribution in [0.3, 0.4) is 0 Å². The molecule has 0 saturated heterocycles. The van der Waals surface area contributed by atoms with E-state index in [-0.39, 0.29) is 5.91 Å². The van der Waals surface area contributed by atoms with Crippen molar-refractivity contribution in [2.24, 2.45) is 0 Å². The molecule has 4 heteroatoms. The van der Waals surface area contributed by atoms with Crippen LogP contribution in [0.25, 0.3) is 6.08 Å². The predicted molar refractivity (Wildman–Crippen MR) is 89.4 cm³/mol. The summed E-state index contributed by atoms with van der Waals surface area (Å²) in [4.78, 5) is 11.8. The van der Waals surface area contributed by atoms with E-state index in [9.17, 15) is 4.79 Å². The van der Waals surface area contributed by atoms with E-state index in [1.165, 1.54) is 6.08 Å². The Morgan fingerprint density at radius 2 is 1.81 bits per heavy atom. The summed E-state index contributed by atoms with van der Waals surface area (Å²) in [5.41, 5.74) is 1.71. The minimum absolute atomic E-state index is 0.161. The fourth-order valence-corrected chi connectivity index (χ4v) is 2.00. The molecule has 2 aromatic carbocycles. The van der Waals surface area contributed by atoms with Crippen LogP contribution >= 0.6 is 15.9 Å². The fraction of sp³-hybridized carbons (Fsp3) is 0.118. The summed E-state index contributed by atoms with van der Waals surface area (Å²) in [5, 5.41) is 2.80. The highest BCUT2D eigenvalue weighted by Crippen LogP contribution is 2.15. The van der Waals surface area contributed by atoms with Crippen molar-refractivity contribution in [1.82, 2.24) is 0 Å². The SMILES string of the molecule is CCOc1ccc(C=CC(=O)Nc2ccc(Br)cc2)cc1. The van der Waals surface area contributed by atoms with Crippen LogP contribution in [0.1, 0.15) is 12.5 Å². The normalized spacial score (nSPS) is 10.6. The van der Waals surface area contributed by atoms with E-state index < -0.39 is 0 Å². The molecule has 0 bridgehead atoms. The minimum atomic E-state index is -0.161. The number of nitrogens with one attached hydrogen (secondary N) is 1. The number of benzene rings is 2. The number of amides is 1. The van der Waals surface area contributed by atoms with Gasteiger partial charge in [0.05, 0.1) is 6.61 Å². The number of halogens is 1. The second kappa shape index (κ2) is 7.64. The summed E-state index contributed by atoms with van der Waals surface area (Å²) in [6.45, 7) is 2.59. The van der Waals surface area contributed by atoms with Crippen LogP contribution in [0, 0.1) is 0 Å². The Kier molecular flexibility index (Phi) is 5.58. The molecule has 0 fully saturated rings. The van der Waals surface area contributed by atoms with Gasteiger partial charge in [-0.2, -0.15) is 0 Å². The first kappa shape index (κ1) is 15.3. The van der Waals surface area contributed by atoms with Gasteiger partial charge in [-0.05, 0) is 55.0 Å². The maximum atomic E-state index is 11.8. The predicted octanol–water partition coefficient (Wildman–Crippen LogP) is 4.50. The molecule has 21 heavy (non-hydrogen) atoms.